The number of thiazole rings is 1. The second kappa shape index (κ2) is 9.77. The van der Waals surface area contributed by atoms with Crippen LogP contribution in [0.25, 0.3) is 26.9 Å². The van der Waals surface area contributed by atoms with Crippen molar-refractivity contribution in [1.82, 2.24) is 4.98 Å². The molecule has 1 heterocycles. The molecule has 0 spiro atoms. The van der Waals surface area contributed by atoms with Gasteiger partial charge >= 0.3 is 0 Å². The van der Waals surface area contributed by atoms with E-state index in [2.05, 4.69) is 16.4 Å². The van der Waals surface area contributed by atoms with Crippen molar-refractivity contribution in [1.29, 1.82) is 5.26 Å². The minimum Gasteiger partial charge on any atom is -0.493 e. The van der Waals surface area contributed by atoms with Crippen molar-refractivity contribution in [3.8, 4) is 28.1 Å². The maximum atomic E-state index is 12.3. The molecule has 0 aliphatic heterocycles. The van der Waals surface area contributed by atoms with Gasteiger partial charge in [-0.05, 0) is 60.2 Å². The minimum absolute atomic E-state index is 0.0638. The topological polar surface area (TPSA) is 84.2 Å². The summed E-state index contributed by atoms with van der Waals surface area (Å²) in [4.78, 5) is 17.0. The summed E-state index contributed by atoms with van der Waals surface area (Å²) in [5, 5.41) is 12.4. The number of nitriles is 1. The molecule has 1 aromatic heterocycles. The number of fused-ring (bicyclic) bond motifs is 1. The standard InChI is InChI=1S/C25H19N3O3S/c1-30-22-16-17(6-12-21(22)31-15-14-26)7-13-24(29)27-19-10-8-18(9-11-19)25-28-20-4-2-3-5-23(20)32-25/h2-13,16H,15H2,1H3,(H,27,29)/b13-7+. The van der Waals surface area contributed by atoms with Crippen LogP contribution in [0.15, 0.2) is 72.8 Å². The van der Waals surface area contributed by atoms with Crippen LogP contribution >= 0.6 is 11.3 Å². The number of carbonyl (C=O) groups is 1. The summed E-state index contributed by atoms with van der Waals surface area (Å²) in [7, 11) is 1.52. The lowest BCUT2D eigenvalue weighted by atomic mass is 10.2. The van der Waals surface area contributed by atoms with Crippen molar-refractivity contribution in [2.75, 3.05) is 19.0 Å². The van der Waals surface area contributed by atoms with Gasteiger partial charge in [0.1, 0.15) is 11.1 Å². The Morgan fingerprint density at radius 1 is 1.12 bits per heavy atom. The van der Waals surface area contributed by atoms with Gasteiger partial charge < -0.3 is 14.8 Å². The molecule has 6 nitrogen and oxygen atoms in total. The van der Waals surface area contributed by atoms with E-state index in [9.17, 15) is 4.79 Å². The van der Waals surface area contributed by atoms with Crippen LogP contribution in [0.3, 0.4) is 0 Å². The van der Waals surface area contributed by atoms with Gasteiger partial charge in [0.05, 0.1) is 17.3 Å². The predicted octanol–water partition coefficient (Wildman–Crippen LogP) is 5.53. The summed E-state index contributed by atoms with van der Waals surface area (Å²) in [6.07, 6.45) is 3.13. The quantitative estimate of drug-likeness (QED) is 0.382. The number of rotatable bonds is 7. The van der Waals surface area contributed by atoms with Gasteiger partial charge in [-0.1, -0.05) is 18.2 Å². The van der Waals surface area contributed by atoms with Crippen LogP contribution in [-0.2, 0) is 4.79 Å². The Balaban J connectivity index is 1.40. The van der Waals surface area contributed by atoms with Crippen LogP contribution in [0.2, 0.25) is 0 Å². The summed E-state index contributed by atoms with van der Waals surface area (Å²) < 4.78 is 11.7. The fraction of sp³-hybridized carbons (Fsp3) is 0.0800. The average Bonchev–Trinajstić information content (AvgIpc) is 3.26. The molecule has 1 N–H and O–H groups in total. The van der Waals surface area contributed by atoms with E-state index in [-0.39, 0.29) is 12.5 Å². The molecule has 4 rings (SSSR count). The Morgan fingerprint density at radius 2 is 1.94 bits per heavy atom. The van der Waals surface area contributed by atoms with Gasteiger partial charge in [-0.15, -0.1) is 11.3 Å². The number of benzene rings is 3. The average molecular weight is 442 g/mol. The number of methoxy groups -OCH3 is 1. The van der Waals surface area contributed by atoms with Crippen LogP contribution in [0.4, 0.5) is 5.69 Å². The number of amides is 1. The third-order valence-corrected chi connectivity index (χ3v) is 5.69. The van der Waals surface area contributed by atoms with Crippen LogP contribution in [-0.4, -0.2) is 24.6 Å². The van der Waals surface area contributed by atoms with Crippen LogP contribution < -0.4 is 14.8 Å². The van der Waals surface area contributed by atoms with Gasteiger partial charge in [-0.3, -0.25) is 4.79 Å². The molecule has 32 heavy (non-hydrogen) atoms. The molecule has 158 valence electrons. The molecule has 1 amide bonds. The van der Waals surface area contributed by atoms with Gasteiger partial charge in [0.25, 0.3) is 0 Å². The normalized spacial score (nSPS) is 10.8. The smallest absolute Gasteiger partial charge is 0.248 e. The molecule has 0 saturated carbocycles. The highest BCUT2D eigenvalue weighted by molar-refractivity contribution is 7.21. The molecule has 0 atom stereocenters. The lowest BCUT2D eigenvalue weighted by Crippen LogP contribution is -2.07. The number of aromatic nitrogens is 1. The molecule has 0 saturated heterocycles. The van der Waals surface area contributed by atoms with Gasteiger partial charge in [0, 0.05) is 17.3 Å². The summed E-state index contributed by atoms with van der Waals surface area (Å²) in [5.41, 5.74) is 3.46. The van der Waals surface area contributed by atoms with E-state index in [1.54, 1.807) is 35.6 Å². The van der Waals surface area contributed by atoms with E-state index in [1.165, 1.54) is 13.2 Å². The van der Waals surface area contributed by atoms with E-state index in [4.69, 9.17) is 14.7 Å². The Labute approximate surface area is 189 Å². The van der Waals surface area contributed by atoms with Crippen molar-refractivity contribution in [3.63, 3.8) is 0 Å². The lowest BCUT2D eigenvalue weighted by Gasteiger charge is -2.08. The number of hydrogen-bond donors (Lipinski definition) is 1. The van der Waals surface area contributed by atoms with Gasteiger partial charge in [0.2, 0.25) is 5.91 Å². The number of nitrogens with zero attached hydrogens (tertiary/aromatic N) is 2. The molecule has 0 fully saturated rings. The molecule has 0 radical (unpaired) electrons. The second-order valence-electron chi connectivity index (χ2n) is 6.74. The van der Waals surface area contributed by atoms with E-state index in [1.807, 2.05) is 48.5 Å². The van der Waals surface area contributed by atoms with Crippen LogP contribution in [0.1, 0.15) is 5.56 Å². The molecule has 0 unspecified atom stereocenters. The highest BCUT2D eigenvalue weighted by Gasteiger charge is 2.07. The first-order chi connectivity index (χ1) is 15.7. The zero-order valence-corrected chi connectivity index (χ0v) is 18.1. The summed E-state index contributed by atoms with van der Waals surface area (Å²) in [6.45, 7) is -0.0638. The van der Waals surface area contributed by atoms with Gasteiger partial charge in [0.15, 0.2) is 18.1 Å². The van der Waals surface area contributed by atoms with Gasteiger partial charge in [-0.25, -0.2) is 4.98 Å². The third-order valence-electron chi connectivity index (χ3n) is 4.60. The fourth-order valence-electron chi connectivity index (χ4n) is 3.06. The first kappa shape index (κ1) is 21.1. The van der Waals surface area contributed by atoms with Crippen molar-refractivity contribution in [2.24, 2.45) is 0 Å². The van der Waals surface area contributed by atoms with E-state index in [0.717, 1.165) is 26.4 Å². The largest absolute Gasteiger partial charge is 0.493 e. The molecular formula is C25H19N3O3S. The predicted molar refractivity (Wildman–Crippen MR) is 127 cm³/mol. The van der Waals surface area contributed by atoms with Crippen molar-refractivity contribution in [2.45, 2.75) is 0 Å². The van der Waals surface area contributed by atoms with Crippen LogP contribution in [0, 0.1) is 11.3 Å². The minimum atomic E-state index is -0.249. The maximum absolute atomic E-state index is 12.3. The number of nitrogens with one attached hydrogen (secondary N) is 1. The molecular weight excluding hydrogens is 422 g/mol. The molecule has 3 aromatic carbocycles. The monoisotopic (exact) mass is 441 g/mol. The second-order valence-corrected chi connectivity index (χ2v) is 7.77. The zero-order chi connectivity index (χ0) is 22.3. The number of anilines is 1. The Bertz CT molecular complexity index is 1290. The lowest BCUT2D eigenvalue weighted by molar-refractivity contribution is -0.111. The summed E-state index contributed by atoms with van der Waals surface area (Å²) in [5.74, 6) is 0.721. The number of carbonyl (C=O) groups excluding carboxylic acids is 1. The number of para-hydroxylation sites is 1. The SMILES string of the molecule is COc1cc(/C=C/C(=O)Nc2ccc(-c3nc4ccccc4s3)cc2)ccc1OCC#N. The molecule has 7 heteroatoms. The molecule has 0 bridgehead atoms. The number of hydrogen-bond acceptors (Lipinski definition) is 6. The summed E-state index contributed by atoms with van der Waals surface area (Å²) >= 11 is 1.64. The van der Waals surface area contributed by atoms with E-state index in [0.29, 0.717) is 17.2 Å². The third kappa shape index (κ3) is 4.94. The van der Waals surface area contributed by atoms with E-state index < -0.39 is 0 Å². The van der Waals surface area contributed by atoms with E-state index >= 15 is 0 Å². The van der Waals surface area contributed by atoms with Crippen molar-refractivity contribution < 1.29 is 14.3 Å². The first-order valence-electron chi connectivity index (χ1n) is 9.79. The Kier molecular flexibility index (Phi) is 6.44. The van der Waals surface area contributed by atoms with Gasteiger partial charge in [-0.2, -0.15) is 5.26 Å². The van der Waals surface area contributed by atoms with Crippen molar-refractivity contribution in [3.05, 3.63) is 78.4 Å². The van der Waals surface area contributed by atoms with Crippen LogP contribution in [0.5, 0.6) is 11.5 Å². The molecule has 0 aliphatic rings. The Hall–Kier alpha value is -4.15. The number of ether oxygens (including phenoxy) is 2. The van der Waals surface area contributed by atoms with Crippen molar-refractivity contribution >= 4 is 39.2 Å². The molecule has 0 aliphatic carbocycles. The summed E-state index contributed by atoms with van der Waals surface area (Å²) in [6, 6.07) is 22.8. The molecule has 4 aromatic rings. The first-order valence-corrected chi connectivity index (χ1v) is 10.6. The Morgan fingerprint density at radius 3 is 2.69 bits per heavy atom. The highest BCUT2D eigenvalue weighted by atomic mass is 32.1. The highest BCUT2D eigenvalue weighted by Crippen LogP contribution is 2.31. The maximum Gasteiger partial charge on any atom is 0.248 e. The fourth-order valence-corrected chi connectivity index (χ4v) is 4.04. The zero-order valence-electron chi connectivity index (χ0n) is 17.2.